The van der Waals surface area contributed by atoms with Gasteiger partial charge in [0.2, 0.25) is 11.8 Å². The van der Waals surface area contributed by atoms with Crippen LogP contribution >= 0.6 is 0 Å². The highest BCUT2D eigenvalue weighted by Crippen LogP contribution is 2.31. The predicted molar refractivity (Wildman–Crippen MR) is 87.8 cm³/mol. The summed E-state index contributed by atoms with van der Waals surface area (Å²) < 4.78 is 38.4. The Morgan fingerprint density at radius 3 is 2.40 bits per heavy atom. The van der Waals surface area contributed by atoms with Gasteiger partial charge in [-0.05, 0) is 24.6 Å². The first-order valence-electron chi connectivity index (χ1n) is 8.18. The second-order valence-electron chi connectivity index (χ2n) is 6.26. The zero-order valence-electron chi connectivity index (χ0n) is 14.1. The van der Waals surface area contributed by atoms with Crippen molar-refractivity contribution in [2.45, 2.75) is 25.9 Å². The second-order valence-corrected chi connectivity index (χ2v) is 6.26. The molecule has 1 atom stereocenters. The largest absolute Gasteiger partial charge is 0.416 e. The predicted octanol–water partition coefficient (Wildman–Crippen LogP) is 2.26. The van der Waals surface area contributed by atoms with Gasteiger partial charge in [0.25, 0.3) is 0 Å². The maximum Gasteiger partial charge on any atom is 0.416 e. The number of alkyl halides is 3. The zero-order chi connectivity index (χ0) is 18.6. The lowest BCUT2D eigenvalue weighted by Crippen LogP contribution is -2.48. The minimum absolute atomic E-state index is 0.0585. The van der Waals surface area contributed by atoms with E-state index in [1.165, 1.54) is 6.07 Å². The normalized spacial score (nSPS) is 16.6. The number of carbonyl (C=O) groups excluding carboxylic acids is 2. The van der Waals surface area contributed by atoms with Crippen LogP contribution in [0.15, 0.2) is 24.3 Å². The van der Waals surface area contributed by atoms with Crippen molar-refractivity contribution in [1.29, 1.82) is 0 Å². The van der Waals surface area contributed by atoms with Crippen LogP contribution in [0, 0.1) is 5.92 Å². The Morgan fingerprint density at radius 1 is 1.20 bits per heavy atom. The third kappa shape index (κ3) is 5.11. The number of piperazine rings is 1. The van der Waals surface area contributed by atoms with Crippen molar-refractivity contribution in [3.63, 3.8) is 0 Å². The van der Waals surface area contributed by atoms with E-state index in [1.54, 1.807) is 17.9 Å². The zero-order valence-corrected chi connectivity index (χ0v) is 14.1. The number of primary amides is 1. The van der Waals surface area contributed by atoms with Crippen LogP contribution in [0.2, 0.25) is 0 Å². The lowest BCUT2D eigenvalue weighted by atomic mass is 10.0. The second kappa shape index (κ2) is 7.76. The van der Waals surface area contributed by atoms with E-state index in [0.29, 0.717) is 38.3 Å². The molecule has 138 valence electrons. The molecule has 1 saturated heterocycles. The van der Waals surface area contributed by atoms with E-state index in [9.17, 15) is 22.8 Å². The molecule has 2 amide bonds. The first-order valence-corrected chi connectivity index (χ1v) is 8.18. The van der Waals surface area contributed by atoms with Crippen molar-refractivity contribution in [3.05, 3.63) is 29.8 Å². The van der Waals surface area contributed by atoms with Crippen molar-refractivity contribution in [2.75, 3.05) is 31.1 Å². The highest BCUT2D eigenvalue weighted by molar-refractivity contribution is 5.79. The van der Waals surface area contributed by atoms with Crippen molar-refractivity contribution >= 4 is 17.5 Å². The van der Waals surface area contributed by atoms with Gasteiger partial charge in [0.1, 0.15) is 0 Å². The average molecular weight is 357 g/mol. The molecule has 1 aromatic carbocycles. The molecule has 1 fully saturated rings. The van der Waals surface area contributed by atoms with E-state index >= 15 is 0 Å². The summed E-state index contributed by atoms with van der Waals surface area (Å²) in [7, 11) is 0. The summed E-state index contributed by atoms with van der Waals surface area (Å²) in [5, 5.41) is 0. The molecule has 25 heavy (non-hydrogen) atoms. The van der Waals surface area contributed by atoms with Crippen molar-refractivity contribution in [1.82, 2.24) is 4.90 Å². The molecular weight excluding hydrogens is 335 g/mol. The lowest BCUT2D eigenvalue weighted by Gasteiger charge is -2.36. The maximum absolute atomic E-state index is 12.8. The highest BCUT2D eigenvalue weighted by Gasteiger charge is 2.31. The Balaban J connectivity index is 1.89. The average Bonchev–Trinajstić information content (AvgIpc) is 2.58. The highest BCUT2D eigenvalue weighted by atomic mass is 19.4. The van der Waals surface area contributed by atoms with Crippen LogP contribution < -0.4 is 10.6 Å². The van der Waals surface area contributed by atoms with Gasteiger partial charge >= 0.3 is 6.18 Å². The number of amides is 2. The van der Waals surface area contributed by atoms with Gasteiger partial charge in [-0.2, -0.15) is 13.2 Å². The van der Waals surface area contributed by atoms with E-state index in [0.717, 1.165) is 12.1 Å². The van der Waals surface area contributed by atoms with E-state index < -0.39 is 17.6 Å². The number of anilines is 1. The van der Waals surface area contributed by atoms with Crippen molar-refractivity contribution < 1.29 is 22.8 Å². The Morgan fingerprint density at radius 2 is 1.84 bits per heavy atom. The quantitative estimate of drug-likeness (QED) is 0.879. The van der Waals surface area contributed by atoms with Crippen LogP contribution in [0.1, 0.15) is 25.3 Å². The van der Waals surface area contributed by atoms with E-state index in [1.807, 2.05) is 4.90 Å². The van der Waals surface area contributed by atoms with Gasteiger partial charge < -0.3 is 15.5 Å². The van der Waals surface area contributed by atoms with Gasteiger partial charge in [-0.25, -0.2) is 0 Å². The number of nitrogens with zero attached hydrogens (tertiary/aromatic N) is 2. The minimum Gasteiger partial charge on any atom is -0.369 e. The third-order valence-corrected chi connectivity index (χ3v) is 4.45. The summed E-state index contributed by atoms with van der Waals surface area (Å²) in [6.07, 6.45) is -3.72. The van der Waals surface area contributed by atoms with E-state index in [4.69, 9.17) is 5.73 Å². The first kappa shape index (κ1) is 19.1. The summed E-state index contributed by atoms with van der Waals surface area (Å²) in [5.41, 5.74) is 5.00. The number of nitrogens with two attached hydrogens (primary N) is 1. The van der Waals surface area contributed by atoms with Crippen molar-refractivity contribution in [2.24, 2.45) is 11.7 Å². The van der Waals surface area contributed by atoms with Gasteiger partial charge in [-0.1, -0.05) is 13.0 Å². The van der Waals surface area contributed by atoms with Crippen LogP contribution in [-0.2, 0) is 15.8 Å². The molecular formula is C17H22F3N3O2. The molecule has 1 aliphatic rings. The molecule has 5 nitrogen and oxygen atoms in total. The summed E-state index contributed by atoms with van der Waals surface area (Å²) in [6.45, 7) is 3.51. The Kier molecular flexibility index (Phi) is 5.92. The fraction of sp³-hybridized carbons (Fsp3) is 0.529. The van der Waals surface area contributed by atoms with Gasteiger partial charge in [0.15, 0.2) is 0 Å². The van der Waals surface area contributed by atoms with Gasteiger partial charge in [0.05, 0.1) is 5.56 Å². The Hall–Kier alpha value is -2.25. The lowest BCUT2D eigenvalue weighted by molar-refractivity contribution is -0.137. The molecule has 1 aromatic rings. The van der Waals surface area contributed by atoms with Crippen LogP contribution in [0.25, 0.3) is 0 Å². The third-order valence-electron chi connectivity index (χ3n) is 4.45. The molecule has 0 saturated carbocycles. The molecule has 2 rings (SSSR count). The SMILES string of the molecule is C[C@@H](CCC(=O)N1CCN(c2cccc(C(F)(F)F)c2)CC1)C(N)=O. The maximum atomic E-state index is 12.8. The Bertz CT molecular complexity index is 626. The summed E-state index contributed by atoms with van der Waals surface area (Å²) in [4.78, 5) is 26.7. The van der Waals surface area contributed by atoms with Crippen molar-refractivity contribution in [3.8, 4) is 0 Å². The topological polar surface area (TPSA) is 66.6 Å². The van der Waals surface area contributed by atoms with Crippen LogP contribution in [-0.4, -0.2) is 42.9 Å². The Labute approximate surface area is 144 Å². The summed E-state index contributed by atoms with van der Waals surface area (Å²) >= 11 is 0. The fourth-order valence-electron chi connectivity index (χ4n) is 2.73. The number of hydrogen-bond acceptors (Lipinski definition) is 3. The number of halogens is 3. The van der Waals surface area contributed by atoms with Crippen LogP contribution in [0.3, 0.4) is 0 Å². The molecule has 0 unspecified atom stereocenters. The monoisotopic (exact) mass is 357 g/mol. The standard InChI is InChI=1S/C17H22F3N3O2/c1-12(16(21)25)5-6-15(24)23-9-7-22(8-10-23)14-4-2-3-13(11-14)17(18,19)20/h2-4,11-12H,5-10H2,1H3,(H2,21,25)/t12-/m0/s1. The number of hydrogen-bond donors (Lipinski definition) is 1. The number of carbonyl (C=O) groups is 2. The first-order chi connectivity index (χ1) is 11.7. The summed E-state index contributed by atoms with van der Waals surface area (Å²) in [5.74, 6) is -0.839. The molecule has 1 heterocycles. The van der Waals surface area contributed by atoms with E-state index in [2.05, 4.69) is 0 Å². The number of benzene rings is 1. The smallest absolute Gasteiger partial charge is 0.369 e. The number of rotatable bonds is 5. The molecule has 0 bridgehead atoms. The van der Waals surface area contributed by atoms with Gasteiger partial charge in [-0.3, -0.25) is 9.59 Å². The molecule has 0 radical (unpaired) electrons. The molecule has 8 heteroatoms. The van der Waals surface area contributed by atoms with Crippen LogP contribution in [0.5, 0.6) is 0 Å². The van der Waals surface area contributed by atoms with Gasteiger partial charge in [-0.15, -0.1) is 0 Å². The molecule has 1 aliphatic heterocycles. The van der Waals surface area contributed by atoms with E-state index in [-0.39, 0.29) is 18.2 Å². The molecule has 2 N–H and O–H groups in total. The molecule has 0 aliphatic carbocycles. The molecule has 0 aromatic heterocycles. The molecule has 0 spiro atoms. The minimum atomic E-state index is -4.37. The van der Waals surface area contributed by atoms with Crippen LogP contribution in [0.4, 0.5) is 18.9 Å². The summed E-state index contributed by atoms with van der Waals surface area (Å²) in [6, 6.07) is 5.21. The van der Waals surface area contributed by atoms with Gasteiger partial charge in [0, 0.05) is 44.2 Å². The fourth-order valence-corrected chi connectivity index (χ4v) is 2.73.